The highest BCUT2D eigenvalue weighted by Gasteiger charge is 2.32. The summed E-state index contributed by atoms with van der Waals surface area (Å²) in [5.74, 6) is 0.330. The van der Waals surface area contributed by atoms with Gasteiger partial charge in [0.25, 0.3) is 5.91 Å². The molecule has 8 heteroatoms. The van der Waals surface area contributed by atoms with Crippen molar-refractivity contribution < 1.29 is 27.4 Å². The van der Waals surface area contributed by atoms with Crippen molar-refractivity contribution in [2.45, 2.75) is 6.18 Å². The minimum absolute atomic E-state index is 0.000197. The van der Waals surface area contributed by atoms with E-state index in [1.165, 1.54) is 14.2 Å². The number of hydrogen-bond acceptors (Lipinski definition) is 4. The molecule has 0 saturated carbocycles. The van der Waals surface area contributed by atoms with Crippen LogP contribution in [0.1, 0.15) is 16.1 Å². The second kappa shape index (κ2) is 6.55. The second-order valence-electron chi connectivity index (χ2n) is 4.49. The SMILES string of the molecule is COc1cc(NC(=O)c2ccc(C(F)(F)F)nc2)cc(OC)c1. The van der Waals surface area contributed by atoms with Crippen LogP contribution in [0.3, 0.4) is 0 Å². The van der Waals surface area contributed by atoms with Crippen molar-refractivity contribution >= 4 is 11.6 Å². The molecule has 0 radical (unpaired) electrons. The lowest BCUT2D eigenvalue weighted by molar-refractivity contribution is -0.141. The van der Waals surface area contributed by atoms with E-state index in [-0.39, 0.29) is 5.56 Å². The molecule has 2 aromatic rings. The van der Waals surface area contributed by atoms with E-state index >= 15 is 0 Å². The Bertz CT molecular complexity index is 678. The Hall–Kier alpha value is -2.77. The summed E-state index contributed by atoms with van der Waals surface area (Å²) in [6.07, 6.45) is -3.68. The minimum atomic E-state index is -4.55. The molecule has 2 rings (SSSR count). The Morgan fingerprint density at radius 1 is 1.09 bits per heavy atom. The molecule has 0 saturated heterocycles. The van der Waals surface area contributed by atoms with Crippen LogP contribution in [0.25, 0.3) is 0 Å². The van der Waals surface area contributed by atoms with Crippen LogP contribution in [-0.4, -0.2) is 25.1 Å². The summed E-state index contributed by atoms with van der Waals surface area (Å²) in [6.45, 7) is 0. The number of carbonyl (C=O) groups is 1. The maximum atomic E-state index is 12.4. The van der Waals surface area contributed by atoms with Gasteiger partial charge in [-0.3, -0.25) is 9.78 Å². The van der Waals surface area contributed by atoms with E-state index in [2.05, 4.69) is 10.3 Å². The lowest BCUT2D eigenvalue weighted by Crippen LogP contribution is -2.14. The zero-order valence-corrected chi connectivity index (χ0v) is 12.3. The first-order valence-electron chi connectivity index (χ1n) is 6.41. The molecule has 0 aliphatic heterocycles. The lowest BCUT2D eigenvalue weighted by atomic mass is 10.2. The van der Waals surface area contributed by atoms with Gasteiger partial charge in [-0.1, -0.05) is 0 Å². The fourth-order valence-electron chi connectivity index (χ4n) is 1.78. The van der Waals surface area contributed by atoms with Crippen molar-refractivity contribution in [1.82, 2.24) is 4.98 Å². The standard InChI is InChI=1S/C15H13F3N2O3/c1-22-11-5-10(6-12(7-11)23-2)20-14(21)9-3-4-13(19-8-9)15(16,17)18/h3-8H,1-2H3,(H,20,21). The first-order valence-corrected chi connectivity index (χ1v) is 6.41. The number of anilines is 1. The highest BCUT2D eigenvalue weighted by molar-refractivity contribution is 6.04. The van der Waals surface area contributed by atoms with Gasteiger partial charge in [0.2, 0.25) is 0 Å². The smallest absolute Gasteiger partial charge is 0.433 e. The first kappa shape index (κ1) is 16.6. The molecule has 0 aliphatic carbocycles. The number of halogens is 3. The van der Waals surface area contributed by atoms with Gasteiger partial charge in [-0.05, 0) is 12.1 Å². The Kier molecular flexibility index (Phi) is 4.73. The van der Waals surface area contributed by atoms with Crippen LogP contribution >= 0.6 is 0 Å². The predicted molar refractivity (Wildman–Crippen MR) is 76.7 cm³/mol. The molecule has 1 heterocycles. The lowest BCUT2D eigenvalue weighted by Gasteiger charge is -2.10. The highest BCUT2D eigenvalue weighted by Crippen LogP contribution is 2.28. The summed E-state index contributed by atoms with van der Waals surface area (Å²) < 4.78 is 47.5. The van der Waals surface area contributed by atoms with Crippen LogP contribution in [0, 0.1) is 0 Å². The molecular weight excluding hydrogens is 313 g/mol. The van der Waals surface area contributed by atoms with Crippen LogP contribution in [0.2, 0.25) is 0 Å². The van der Waals surface area contributed by atoms with Crippen molar-refractivity contribution in [3.05, 3.63) is 47.8 Å². The van der Waals surface area contributed by atoms with Gasteiger partial charge in [0.15, 0.2) is 0 Å². The third-order valence-corrected chi connectivity index (χ3v) is 2.93. The summed E-state index contributed by atoms with van der Waals surface area (Å²) in [4.78, 5) is 15.3. The summed E-state index contributed by atoms with van der Waals surface area (Å²) in [6, 6.07) is 6.54. The maximum absolute atomic E-state index is 12.4. The monoisotopic (exact) mass is 326 g/mol. The molecule has 1 amide bonds. The second-order valence-corrected chi connectivity index (χ2v) is 4.49. The average Bonchev–Trinajstić information content (AvgIpc) is 2.53. The largest absolute Gasteiger partial charge is 0.497 e. The Morgan fingerprint density at radius 3 is 2.13 bits per heavy atom. The number of carbonyl (C=O) groups excluding carboxylic acids is 1. The Labute approximate surface area is 130 Å². The van der Waals surface area contributed by atoms with Gasteiger partial charge in [0, 0.05) is 30.1 Å². The van der Waals surface area contributed by atoms with Gasteiger partial charge in [-0.2, -0.15) is 13.2 Å². The van der Waals surface area contributed by atoms with Gasteiger partial charge in [0.05, 0.1) is 19.8 Å². The molecular formula is C15H13F3N2O3. The normalized spacial score (nSPS) is 11.0. The number of amides is 1. The molecule has 1 aromatic carbocycles. The fraction of sp³-hybridized carbons (Fsp3) is 0.200. The molecule has 1 aromatic heterocycles. The predicted octanol–water partition coefficient (Wildman–Crippen LogP) is 3.37. The van der Waals surface area contributed by atoms with Gasteiger partial charge in [0.1, 0.15) is 17.2 Å². The number of ether oxygens (including phenoxy) is 2. The fourth-order valence-corrected chi connectivity index (χ4v) is 1.78. The summed E-state index contributed by atoms with van der Waals surface area (Å²) in [7, 11) is 2.92. The molecule has 0 aliphatic rings. The van der Waals surface area contributed by atoms with E-state index in [0.717, 1.165) is 18.3 Å². The molecule has 5 nitrogen and oxygen atoms in total. The zero-order chi connectivity index (χ0) is 17.0. The Balaban J connectivity index is 2.19. The number of nitrogens with one attached hydrogen (secondary N) is 1. The molecule has 0 bridgehead atoms. The molecule has 0 atom stereocenters. The quantitative estimate of drug-likeness (QED) is 0.936. The molecule has 1 N–H and O–H groups in total. The van der Waals surface area contributed by atoms with Crippen molar-refractivity contribution in [2.75, 3.05) is 19.5 Å². The summed E-state index contributed by atoms with van der Waals surface area (Å²) in [5, 5.41) is 2.55. The molecule has 0 spiro atoms. The van der Waals surface area contributed by atoms with E-state index in [1.807, 2.05) is 0 Å². The number of alkyl halides is 3. The zero-order valence-electron chi connectivity index (χ0n) is 12.3. The van der Waals surface area contributed by atoms with Crippen LogP contribution in [0.5, 0.6) is 11.5 Å². The number of nitrogens with zero attached hydrogens (tertiary/aromatic N) is 1. The van der Waals surface area contributed by atoms with Crippen LogP contribution < -0.4 is 14.8 Å². The van der Waals surface area contributed by atoms with Crippen LogP contribution in [0.4, 0.5) is 18.9 Å². The topological polar surface area (TPSA) is 60.5 Å². The Morgan fingerprint density at radius 2 is 1.70 bits per heavy atom. The number of benzene rings is 1. The number of aromatic nitrogens is 1. The van der Waals surface area contributed by atoms with E-state index in [4.69, 9.17) is 9.47 Å². The van der Waals surface area contributed by atoms with Gasteiger partial charge in [-0.25, -0.2) is 0 Å². The minimum Gasteiger partial charge on any atom is -0.497 e. The van der Waals surface area contributed by atoms with E-state index < -0.39 is 17.8 Å². The van der Waals surface area contributed by atoms with Crippen molar-refractivity contribution in [3.63, 3.8) is 0 Å². The first-order chi connectivity index (χ1) is 10.8. The third kappa shape index (κ3) is 4.12. The van der Waals surface area contributed by atoms with Crippen molar-refractivity contribution in [1.29, 1.82) is 0 Å². The molecule has 0 fully saturated rings. The molecule has 0 unspecified atom stereocenters. The number of pyridine rings is 1. The summed E-state index contributed by atoms with van der Waals surface area (Å²) >= 11 is 0. The number of rotatable bonds is 4. The van der Waals surface area contributed by atoms with Crippen LogP contribution in [-0.2, 0) is 6.18 Å². The number of hydrogen-bond donors (Lipinski definition) is 1. The van der Waals surface area contributed by atoms with E-state index in [1.54, 1.807) is 18.2 Å². The maximum Gasteiger partial charge on any atom is 0.433 e. The molecule has 23 heavy (non-hydrogen) atoms. The van der Waals surface area contributed by atoms with E-state index in [0.29, 0.717) is 17.2 Å². The molecule has 122 valence electrons. The van der Waals surface area contributed by atoms with Crippen LogP contribution in [0.15, 0.2) is 36.5 Å². The van der Waals surface area contributed by atoms with Gasteiger partial charge < -0.3 is 14.8 Å². The summed E-state index contributed by atoms with van der Waals surface area (Å²) in [5.41, 5.74) is -0.678. The third-order valence-electron chi connectivity index (χ3n) is 2.93. The highest BCUT2D eigenvalue weighted by atomic mass is 19.4. The number of methoxy groups -OCH3 is 2. The average molecular weight is 326 g/mol. The van der Waals surface area contributed by atoms with Crippen molar-refractivity contribution in [2.24, 2.45) is 0 Å². The van der Waals surface area contributed by atoms with Gasteiger partial charge in [-0.15, -0.1) is 0 Å². The van der Waals surface area contributed by atoms with Crippen molar-refractivity contribution in [3.8, 4) is 11.5 Å². The van der Waals surface area contributed by atoms with Gasteiger partial charge >= 0.3 is 6.18 Å². The van der Waals surface area contributed by atoms with E-state index in [9.17, 15) is 18.0 Å².